The van der Waals surface area contributed by atoms with Crippen LogP contribution in [0.3, 0.4) is 0 Å². The number of carboxylic acid groups (broad SMARTS) is 1. The maximum absolute atomic E-state index is 13.1. The van der Waals surface area contributed by atoms with Gasteiger partial charge in [0, 0.05) is 10.4 Å². The van der Waals surface area contributed by atoms with Gasteiger partial charge in [0.2, 0.25) is 5.91 Å². The first-order valence-corrected chi connectivity index (χ1v) is 10.7. The number of aliphatic carboxylic acids is 1. The van der Waals surface area contributed by atoms with Crippen LogP contribution in [-0.2, 0) is 9.59 Å². The lowest BCUT2D eigenvalue weighted by atomic mass is 9.82. The zero-order valence-corrected chi connectivity index (χ0v) is 17.9. The molecule has 1 aromatic carbocycles. The lowest BCUT2D eigenvalue weighted by Crippen LogP contribution is -2.36. The number of carboxylic acids is 1. The molecule has 4 rings (SSSR count). The van der Waals surface area contributed by atoms with Gasteiger partial charge in [0.15, 0.2) is 0 Å². The van der Waals surface area contributed by atoms with Crippen LogP contribution >= 0.6 is 11.3 Å². The van der Waals surface area contributed by atoms with Gasteiger partial charge in [-0.3, -0.25) is 14.4 Å². The average molecular weight is 425 g/mol. The number of rotatable bonds is 5. The Balaban J connectivity index is 1.71. The van der Waals surface area contributed by atoms with Crippen molar-refractivity contribution < 1.29 is 19.5 Å². The van der Waals surface area contributed by atoms with Gasteiger partial charge in [0.1, 0.15) is 5.00 Å². The van der Waals surface area contributed by atoms with E-state index in [-0.39, 0.29) is 23.3 Å². The molecular weight excluding hydrogens is 400 g/mol. The molecule has 2 aliphatic carbocycles. The van der Waals surface area contributed by atoms with Crippen LogP contribution in [-0.4, -0.2) is 22.9 Å². The van der Waals surface area contributed by atoms with E-state index in [0.717, 1.165) is 21.6 Å². The molecule has 2 bridgehead atoms. The molecule has 30 heavy (non-hydrogen) atoms. The highest BCUT2D eigenvalue weighted by Crippen LogP contribution is 2.49. The summed E-state index contributed by atoms with van der Waals surface area (Å²) in [5.41, 5.74) is 9.81. The fraction of sp³-hybridized carbons (Fsp3) is 0.348. The quantitative estimate of drug-likeness (QED) is 0.632. The van der Waals surface area contributed by atoms with Gasteiger partial charge >= 0.3 is 5.97 Å². The Kier molecular flexibility index (Phi) is 5.02. The summed E-state index contributed by atoms with van der Waals surface area (Å²) in [6.45, 7) is 5.91. The number of amides is 2. The molecule has 2 aliphatic rings. The molecule has 0 aliphatic heterocycles. The zero-order valence-electron chi connectivity index (χ0n) is 17.1. The number of nitrogens with two attached hydrogens (primary N) is 1. The Morgan fingerprint density at radius 2 is 1.73 bits per heavy atom. The number of benzene rings is 1. The minimum Gasteiger partial charge on any atom is -0.481 e. The Bertz CT molecular complexity index is 1100. The van der Waals surface area contributed by atoms with Crippen LogP contribution in [0.4, 0.5) is 5.00 Å². The molecule has 1 aromatic heterocycles. The lowest BCUT2D eigenvalue weighted by Gasteiger charge is -2.23. The van der Waals surface area contributed by atoms with Gasteiger partial charge in [-0.25, -0.2) is 0 Å². The van der Waals surface area contributed by atoms with Crippen LogP contribution in [0.1, 0.15) is 32.8 Å². The van der Waals surface area contributed by atoms with Gasteiger partial charge in [-0.1, -0.05) is 30.4 Å². The van der Waals surface area contributed by atoms with Gasteiger partial charge in [-0.15, -0.1) is 11.3 Å². The first-order chi connectivity index (χ1) is 14.2. The molecular formula is C23H24N2O4S. The highest BCUT2D eigenvalue weighted by molar-refractivity contribution is 7.17. The van der Waals surface area contributed by atoms with Crippen molar-refractivity contribution in [3.05, 3.63) is 51.9 Å². The minimum absolute atomic E-state index is 0.0894. The number of hydrogen-bond donors (Lipinski definition) is 3. The third-order valence-electron chi connectivity index (χ3n) is 6.41. The fourth-order valence-corrected chi connectivity index (χ4v) is 5.91. The average Bonchev–Trinajstić information content (AvgIpc) is 3.36. The van der Waals surface area contributed by atoms with Crippen molar-refractivity contribution in [3.63, 3.8) is 0 Å². The van der Waals surface area contributed by atoms with Crippen LogP contribution in [0.15, 0.2) is 30.4 Å². The number of thiophene rings is 1. The second-order valence-corrected chi connectivity index (χ2v) is 9.45. The van der Waals surface area contributed by atoms with Crippen LogP contribution in [0.5, 0.6) is 0 Å². The maximum Gasteiger partial charge on any atom is 0.307 e. The number of carbonyl (C=O) groups excluding carboxylic acids is 2. The molecule has 7 heteroatoms. The minimum atomic E-state index is -0.958. The predicted octanol–water partition coefficient (Wildman–Crippen LogP) is 3.90. The highest BCUT2D eigenvalue weighted by Gasteiger charge is 2.51. The van der Waals surface area contributed by atoms with E-state index in [9.17, 15) is 19.5 Å². The summed E-state index contributed by atoms with van der Waals surface area (Å²) in [6.07, 6.45) is 4.51. The van der Waals surface area contributed by atoms with E-state index in [2.05, 4.69) is 5.32 Å². The number of aryl methyl sites for hydroxylation is 3. The molecule has 2 amide bonds. The Morgan fingerprint density at radius 1 is 1.07 bits per heavy atom. The van der Waals surface area contributed by atoms with Crippen molar-refractivity contribution in [2.45, 2.75) is 27.2 Å². The van der Waals surface area contributed by atoms with Gasteiger partial charge < -0.3 is 16.2 Å². The van der Waals surface area contributed by atoms with Crippen molar-refractivity contribution in [2.24, 2.45) is 29.4 Å². The molecule has 4 N–H and O–H groups in total. The third kappa shape index (κ3) is 3.23. The van der Waals surface area contributed by atoms with E-state index in [1.165, 1.54) is 11.3 Å². The summed E-state index contributed by atoms with van der Waals surface area (Å²) in [4.78, 5) is 38.1. The number of primary amides is 1. The second kappa shape index (κ2) is 7.40. The van der Waals surface area contributed by atoms with Crippen molar-refractivity contribution in [2.75, 3.05) is 5.32 Å². The van der Waals surface area contributed by atoms with E-state index < -0.39 is 23.7 Å². The van der Waals surface area contributed by atoms with Crippen molar-refractivity contribution >= 4 is 34.1 Å². The van der Waals surface area contributed by atoms with Crippen molar-refractivity contribution in [1.82, 2.24) is 0 Å². The van der Waals surface area contributed by atoms with E-state index in [1.807, 2.05) is 51.1 Å². The zero-order chi connectivity index (χ0) is 21.7. The Hall–Kier alpha value is -2.93. The first kappa shape index (κ1) is 20.3. The summed E-state index contributed by atoms with van der Waals surface area (Å²) in [5.74, 6) is -3.54. The summed E-state index contributed by atoms with van der Waals surface area (Å²) in [5, 5.41) is 12.8. The maximum atomic E-state index is 13.1. The number of allylic oxidation sites excluding steroid dienone is 2. The first-order valence-electron chi connectivity index (χ1n) is 9.91. The number of fused-ring (bicyclic) bond motifs is 2. The molecule has 0 radical (unpaired) electrons. The third-order valence-corrected chi connectivity index (χ3v) is 7.43. The summed E-state index contributed by atoms with van der Waals surface area (Å²) in [6, 6.07) is 5.93. The Labute approximate surface area is 178 Å². The smallest absolute Gasteiger partial charge is 0.307 e. The van der Waals surface area contributed by atoms with Gasteiger partial charge in [0.05, 0.1) is 17.4 Å². The molecule has 1 saturated carbocycles. The number of carbonyl (C=O) groups is 3. The monoisotopic (exact) mass is 424 g/mol. The van der Waals surface area contributed by atoms with Crippen LogP contribution < -0.4 is 11.1 Å². The van der Waals surface area contributed by atoms with Gasteiger partial charge in [0.25, 0.3) is 5.91 Å². The van der Waals surface area contributed by atoms with E-state index in [1.54, 1.807) is 0 Å². The van der Waals surface area contributed by atoms with Gasteiger partial charge in [-0.05, 0) is 55.7 Å². The molecule has 1 heterocycles. The Morgan fingerprint density at radius 3 is 2.33 bits per heavy atom. The lowest BCUT2D eigenvalue weighted by molar-refractivity contribution is -0.146. The van der Waals surface area contributed by atoms with Crippen LogP contribution in [0.25, 0.3) is 11.1 Å². The van der Waals surface area contributed by atoms with Crippen LogP contribution in [0, 0.1) is 44.4 Å². The topological polar surface area (TPSA) is 109 Å². The SMILES string of the molecule is Cc1ccc(-c2c(C)sc(NC(=O)[C@H]3[C@@H](C(=O)O)[C@H]4C=C[C@@H]3C4)c2C(N)=O)cc1C. The van der Waals surface area contributed by atoms with E-state index >= 15 is 0 Å². The number of nitrogens with one attached hydrogen (secondary N) is 1. The molecule has 156 valence electrons. The molecule has 0 spiro atoms. The van der Waals surface area contributed by atoms with E-state index in [4.69, 9.17) is 5.73 Å². The number of anilines is 1. The molecule has 0 saturated heterocycles. The molecule has 4 atom stereocenters. The predicted molar refractivity (Wildman–Crippen MR) is 116 cm³/mol. The van der Waals surface area contributed by atoms with Gasteiger partial charge in [-0.2, -0.15) is 0 Å². The summed E-state index contributed by atoms with van der Waals surface area (Å²) >= 11 is 1.29. The summed E-state index contributed by atoms with van der Waals surface area (Å²) in [7, 11) is 0. The summed E-state index contributed by atoms with van der Waals surface area (Å²) < 4.78 is 0. The normalized spacial score (nSPS) is 24.2. The highest BCUT2D eigenvalue weighted by atomic mass is 32.1. The van der Waals surface area contributed by atoms with E-state index in [0.29, 0.717) is 17.0 Å². The number of hydrogen-bond acceptors (Lipinski definition) is 4. The second-order valence-electron chi connectivity index (χ2n) is 8.23. The fourth-order valence-electron chi connectivity index (χ4n) is 4.82. The molecule has 2 aromatic rings. The largest absolute Gasteiger partial charge is 0.481 e. The molecule has 6 nitrogen and oxygen atoms in total. The molecule has 1 fully saturated rings. The van der Waals surface area contributed by atoms with Crippen LogP contribution in [0.2, 0.25) is 0 Å². The molecule has 0 unspecified atom stereocenters. The van der Waals surface area contributed by atoms with Crippen molar-refractivity contribution in [3.8, 4) is 11.1 Å². The van der Waals surface area contributed by atoms with Crippen molar-refractivity contribution in [1.29, 1.82) is 0 Å². The standard InChI is InChI=1S/C23H24N2O4S/c1-10-4-5-13(8-11(10)2)16-12(3)30-22(19(16)20(24)26)25-21(27)17-14-6-7-15(9-14)18(17)23(28)29/h4-8,14-15,17-18H,9H2,1-3H3,(H2,24,26)(H,25,27)(H,28,29)/t14-,15+,17-,18+/m1/s1.